The molecule has 1 saturated heterocycles. The number of benzene rings is 1. The van der Waals surface area contributed by atoms with E-state index in [0.29, 0.717) is 17.7 Å². The van der Waals surface area contributed by atoms with Gasteiger partial charge in [0.05, 0.1) is 17.1 Å². The summed E-state index contributed by atoms with van der Waals surface area (Å²) in [5.41, 5.74) is 6.13. The number of thiocarbonyl (C=S) groups is 1. The molecule has 1 amide bonds. The third-order valence-corrected chi connectivity index (χ3v) is 5.10. The zero-order valence-corrected chi connectivity index (χ0v) is 12.9. The quantitative estimate of drug-likeness (QED) is 0.739. The number of hydrogen-bond acceptors (Lipinski definition) is 5. The molecule has 1 aliphatic heterocycles. The minimum Gasteiger partial charge on any atom is -0.483 e. The first-order valence-electron chi connectivity index (χ1n) is 6.39. The van der Waals surface area contributed by atoms with Crippen LogP contribution in [0.2, 0.25) is 0 Å². The SMILES string of the molecule is NC(=S)c1ccccc1OCC(=O)NC1CCS(=O)(=O)C1. The second-order valence-electron chi connectivity index (χ2n) is 4.82. The molecule has 1 atom stereocenters. The Kier molecular flexibility index (Phi) is 4.79. The molecule has 0 radical (unpaired) electrons. The molecule has 3 N–H and O–H groups in total. The molecule has 8 heteroatoms. The Bertz CT molecular complexity index is 658. The molecular formula is C13H16N2O4S2. The van der Waals surface area contributed by atoms with Crippen molar-refractivity contribution in [3.63, 3.8) is 0 Å². The van der Waals surface area contributed by atoms with Gasteiger partial charge >= 0.3 is 0 Å². The van der Waals surface area contributed by atoms with E-state index in [1.165, 1.54) is 0 Å². The van der Waals surface area contributed by atoms with Crippen LogP contribution in [0.5, 0.6) is 5.75 Å². The molecule has 0 bridgehead atoms. The molecular weight excluding hydrogens is 312 g/mol. The molecule has 1 fully saturated rings. The van der Waals surface area contributed by atoms with Crippen LogP contribution in [0.4, 0.5) is 0 Å². The summed E-state index contributed by atoms with van der Waals surface area (Å²) in [5, 5.41) is 2.65. The molecule has 0 saturated carbocycles. The second kappa shape index (κ2) is 6.40. The highest BCUT2D eigenvalue weighted by Crippen LogP contribution is 2.17. The van der Waals surface area contributed by atoms with E-state index >= 15 is 0 Å². The number of carbonyl (C=O) groups is 1. The minimum absolute atomic E-state index is 0.0117. The van der Waals surface area contributed by atoms with E-state index in [2.05, 4.69) is 5.32 Å². The summed E-state index contributed by atoms with van der Waals surface area (Å²) < 4.78 is 28.0. The molecule has 1 unspecified atom stereocenters. The zero-order valence-electron chi connectivity index (χ0n) is 11.2. The Morgan fingerprint density at radius 2 is 2.14 bits per heavy atom. The van der Waals surface area contributed by atoms with Crippen molar-refractivity contribution in [1.29, 1.82) is 0 Å². The van der Waals surface area contributed by atoms with Gasteiger partial charge < -0.3 is 15.8 Å². The van der Waals surface area contributed by atoms with Gasteiger partial charge in [-0.3, -0.25) is 4.79 Å². The highest BCUT2D eigenvalue weighted by atomic mass is 32.2. The molecule has 0 aromatic heterocycles. The van der Waals surface area contributed by atoms with Gasteiger partial charge in [0.25, 0.3) is 5.91 Å². The number of sulfone groups is 1. The highest BCUT2D eigenvalue weighted by molar-refractivity contribution is 7.91. The van der Waals surface area contributed by atoms with E-state index < -0.39 is 9.84 Å². The Morgan fingerprint density at radius 3 is 2.76 bits per heavy atom. The fourth-order valence-electron chi connectivity index (χ4n) is 2.12. The van der Waals surface area contributed by atoms with Gasteiger partial charge in [0.15, 0.2) is 16.4 Å². The monoisotopic (exact) mass is 328 g/mol. The van der Waals surface area contributed by atoms with Gasteiger partial charge in [-0.1, -0.05) is 24.4 Å². The molecule has 1 aliphatic rings. The van der Waals surface area contributed by atoms with Crippen LogP contribution in [0.15, 0.2) is 24.3 Å². The number of carbonyl (C=O) groups excluding carboxylic acids is 1. The molecule has 1 aromatic carbocycles. The van der Waals surface area contributed by atoms with E-state index in [0.717, 1.165) is 0 Å². The normalized spacial score (nSPS) is 19.9. The summed E-state index contributed by atoms with van der Waals surface area (Å²) in [6, 6.07) is 6.56. The molecule has 1 aromatic rings. The van der Waals surface area contributed by atoms with Crippen molar-refractivity contribution < 1.29 is 17.9 Å². The van der Waals surface area contributed by atoms with Crippen LogP contribution in [0, 0.1) is 0 Å². The average Bonchev–Trinajstić information content (AvgIpc) is 2.75. The first kappa shape index (κ1) is 15.7. The Labute approximate surface area is 128 Å². The summed E-state index contributed by atoms with van der Waals surface area (Å²) in [4.78, 5) is 12.0. The van der Waals surface area contributed by atoms with E-state index in [1.54, 1.807) is 24.3 Å². The van der Waals surface area contributed by atoms with E-state index in [1.807, 2.05) is 0 Å². The Morgan fingerprint density at radius 1 is 1.43 bits per heavy atom. The first-order chi connectivity index (χ1) is 9.87. The van der Waals surface area contributed by atoms with Crippen LogP contribution in [-0.4, -0.2) is 43.5 Å². The standard InChI is InChI=1S/C13H16N2O4S2/c14-13(20)10-3-1-2-4-11(10)19-7-12(16)15-9-5-6-21(17,18)8-9/h1-4,9H,5-8H2,(H2,14,20)(H,15,16). The lowest BCUT2D eigenvalue weighted by Gasteiger charge is -2.13. The number of nitrogens with two attached hydrogens (primary N) is 1. The molecule has 21 heavy (non-hydrogen) atoms. The van der Waals surface area contributed by atoms with Crippen LogP contribution < -0.4 is 15.8 Å². The van der Waals surface area contributed by atoms with Crippen molar-refractivity contribution >= 4 is 33.0 Å². The largest absolute Gasteiger partial charge is 0.483 e. The summed E-state index contributed by atoms with van der Waals surface area (Å²) in [6.07, 6.45) is 0.442. The fraction of sp³-hybridized carbons (Fsp3) is 0.385. The lowest BCUT2D eigenvalue weighted by molar-refractivity contribution is -0.123. The summed E-state index contributed by atoms with van der Waals surface area (Å²) in [5.74, 6) is 0.166. The van der Waals surface area contributed by atoms with Crippen LogP contribution in [0.25, 0.3) is 0 Å². The maximum atomic E-state index is 11.8. The van der Waals surface area contributed by atoms with Gasteiger partial charge in [0.2, 0.25) is 0 Å². The van der Waals surface area contributed by atoms with Gasteiger partial charge in [0.1, 0.15) is 10.7 Å². The lowest BCUT2D eigenvalue weighted by atomic mass is 10.2. The number of rotatable bonds is 5. The topological polar surface area (TPSA) is 98.5 Å². The van der Waals surface area contributed by atoms with Gasteiger partial charge in [-0.05, 0) is 18.6 Å². The summed E-state index contributed by atoms with van der Waals surface area (Å²) >= 11 is 4.90. The van der Waals surface area contributed by atoms with Crippen molar-refractivity contribution in [2.24, 2.45) is 5.73 Å². The van der Waals surface area contributed by atoms with Crippen LogP contribution in [0.3, 0.4) is 0 Å². The summed E-state index contributed by atoms with van der Waals surface area (Å²) in [6.45, 7) is -0.212. The molecule has 1 heterocycles. The Hall–Kier alpha value is -1.67. The van der Waals surface area contributed by atoms with Gasteiger partial charge in [0, 0.05) is 6.04 Å². The zero-order chi connectivity index (χ0) is 15.5. The van der Waals surface area contributed by atoms with E-state index in [-0.39, 0.29) is 35.1 Å². The minimum atomic E-state index is -3.02. The van der Waals surface area contributed by atoms with Gasteiger partial charge in [-0.15, -0.1) is 0 Å². The van der Waals surface area contributed by atoms with Crippen molar-refractivity contribution in [1.82, 2.24) is 5.32 Å². The number of para-hydroxylation sites is 1. The van der Waals surface area contributed by atoms with Crippen LogP contribution in [0.1, 0.15) is 12.0 Å². The molecule has 0 spiro atoms. The third-order valence-electron chi connectivity index (χ3n) is 3.11. The van der Waals surface area contributed by atoms with E-state index in [9.17, 15) is 13.2 Å². The predicted octanol–water partition coefficient (Wildman–Crippen LogP) is 0.00290. The van der Waals surface area contributed by atoms with Crippen molar-refractivity contribution in [3.8, 4) is 5.75 Å². The van der Waals surface area contributed by atoms with E-state index in [4.69, 9.17) is 22.7 Å². The highest BCUT2D eigenvalue weighted by Gasteiger charge is 2.28. The molecule has 114 valence electrons. The van der Waals surface area contributed by atoms with Crippen molar-refractivity contribution in [3.05, 3.63) is 29.8 Å². The first-order valence-corrected chi connectivity index (χ1v) is 8.62. The number of hydrogen-bond donors (Lipinski definition) is 2. The van der Waals surface area contributed by atoms with Gasteiger partial charge in [-0.2, -0.15) is 0 Å². The van der Waals surface area contributed by atoms with Crippen LogP contribution >= 0.6 is 12.2 Å². The van der Waals surface area contributed by atoms with Gasteiger partial charge in [-0.25, -0.2) is 8.42 Å². The smallest absolute Gasteiger partial charge is 0.258 e. The fourth-order valence-corrected chi connectivity index (χ4v) is 3.96. The Balaban J connectivity index is 1.89. The number of nitrogens with one attached hydrogen (secondary N) is 1. The maximum Gasteiger partial charge on any atom is 0.258 e. The summed E-state index contributed by atoms with van der Waals surface area (Å²) in [7, 11) is -3.02. The number of ether oxygens (including phenoxy) is 1. The average molecular weight is 328 g/mol. The maximum absolute atomic E-state index is 11.8. The predicted molar refractivity (Wildman–Crippen MR) is 83.0 cm³/mol. The molecule has 2 rings (SSSR count). The number of amides is 1. The second-order valence-corrected chi connectivity index (χ2v) is 7.49. The van der Waals surface area contributed by atoms with Crippen LogP contribution in [-0.2, 0) is 14.6 Å². The van der Waals surface area contributed by atoms with Crippen molar-refractivity contribution in [2.75, 3.05) is 18.1 Å². The van der Waals surface area contributed by atoms with Crippen molar-refractivity contribution in [2.45, 2.75) is 12.5 Å². The third kappa shape index (κ3) is 4.40. The molecule has 0 aliphatic carbocycles. The molecule has 6 nitrogen and oxygen atoms in total. The lowest BCUT2D eigenvalue weighted by Crippen LogP contribution is -2.38.